The lowest BCUT2D eigenvalue weighted by Crippen LogP contribution is -2.19. The van der Waals surface area contributed by atoms with Gasteiger partial charge in [0.05, 0.1) is 13.2 Å². The Balaban J connectivity index is 3.01. The van der Waals surface area contributed by atoms with Gasteiger partial charge in [-0.3, -0.25) is 0 Å². The van der Waals surface area contributed by atoms with Crippen LogP contribution in [0.15, 0.2) is 12.1 Å². The minimum atomic E-state index is 0.197. The van der Waals surface area contributed by atoms with Crippen LogP contribution in [0.5, 0.6) is 11.5 Å². The largest absolute Gasteiger partial charge is 0.490 e. The van der Waals surface area contributed by atoms with Crippen molar-refractivity contribution in [3.05, 3.63) is 22.7 Å². The zero-order valence-electron chi connectivity index (χ0n) is 12.3. The number of rotatable bonds is 8. The smallest absolute Gasteiger partial charge is 0.162 e. The quantitative estimate of drug-likeness (QED) is 0.776. The molecule has 1 atom stereocenters. The fraction of sp³-hybridized carbons (Fsp3) is 0.600. The SMILES string of the molecule is CCCNC(C)c1cc(OCC)c(OCC)cc1Cl. The first-order valence-electron chi connectivity index (χ1n) is 6.96. The molecule has 0 radical (unpaired) electrons. The minimum absolute atomic E-state index is 0.197. The molecule has 108 valence electrons. The first kappa shape index (κ1) is 16.1. The van der Waals surface area contributed by atoms with Crippen molar-refractivity contribution in [3.8, 4) is 11.5 Å². The van der Waals surface area contributed by atoms with Gasteiger partial charge in [0, 0.05) is 17.1 Å². The van der Waals surface area contributed by atoms with Crippen LogP contribution < -0.4 is 14.8 Å². The minimum Gasteiger partial charge on any atom is -0.490 e. The molecule has 0 aromatic heterocycles. The van der Waals surface area contributed by atoms with Gasteiger partial charge < -0.3 is 14.8 Å². The van der Waals surface area contributed by atoms with Gasteiger partial charge in [-0.15, -0.1) is 0 Å². The average molecular weight is 286 g/mol. The van der Waals surface area contributed by atoms with Crippen molar-refractivity contribution in [1.82, 2.24) is 5.32 Å². The van der Waals surface area contributed by atoms with Gasteiger partial charge in [0.1, 0.15) is 0 Å². The lowest BCUT2D eigenvalue weighted by atomic mass is 10.1. The molecule has 0 fully saturated rings. The van der Waals surface area contributed by atoms with E-state index < -0.39 is 0 Å². The summed E-state index contributed by atoms with van der Waals surface area (Å²) in [6.07, 6.45) is 1.09. The molecule has 19 heavy (non-hydrogen) atoms. The van der Waals surface area contributed by atoms with Gasteiger partial charge in [0.25, 0.3) is 0 Å². The highest BCUT2D eigenvalue weighted by Gasteiger charge is 2.15. The molecule has 0 bridgehead atoms. The number of nitrogens with one attached hydrogen (secondary N) is 1. The van der Waals surface area contributed by atoms with E-state index in [0.717, 1.165) is 24.3 Å². The van der Waals surface area contributed by atoms with E-state index in [1.807, 2.05) is 26.0 Å². The van der Waals surface area contributed by atoms with Crippen molar-refractivity contribution in [2.24, 2.45) is 0 Å². The predicted molar refractivity (Wildman–Crippen MR) is 80.5 cm³/mol. The van der Waals surface area contributed by atoms with Crippen molar-refractivity contribution in [3.63, 3.8) is 0 Å². The monoisotopic (exact) mass is 285 g/mol. The van der Waals surface area contributed by atoms with E-state index in [4.69, 9.17) is 21.1 Å². The van der Waals surface area contributed by atoms with Crippen LogP contribution in [0, 0.1) is 0 Å². The zero-order valence-corrected chi connectivity index (χ0v) is 13.0. The van der Waals surface area contributed by atoms with Gasteiger partial charge >= 0.3 is 0 Å². The van der Waals surface area contributed by atoms with E-state index in [1.54, 1.807) is 0 Å². The van der Waals surface area contributed by atoms with Gasteiger partial charge in [-0.1, -0.05) is 18.5 Å². The lowest BCUT2D eigenvalue weighted by Gasteiger charge is -2.19. The Kier molecular flexibility index (Phi) is 7.03. The van der Waals surface area contributed by atoms with E-state index in [-0.39, 0.29) is 6.04 Å². The second-order valence-electron chi connectivity index (χ2n) is 4.36. The highest BCUT2D eigenvalue weighted by Crippen LogP contribution is 2.36. The summed E-state index contributed by atoms with van der Waals surface area (Å²) in [5.41, 5.74) is 1.04. The summed E-state index contributed by atoms with van der Waals surface area (Å²) >= 11 is 6.34. The fourth-order valence-corrected chi connectivity index (χ4v) is 2.21. The van der Waals surface area contributed by atoms with E-state index in [9.17, 15) is 0 Å². The highest BCUT2D eigenvalue weighted by atomic mass is 35.5. The first-order chi connectivity index (χ1) is 9.13. The maximum Gasteiger partial charge on any atom is 0.162 e. The van der Waals surface area contributed by atoms with E-state index in [2.05, 4.69) is 19.2 Å². The first-order valence-corrected chi connectivity index (χ1v) is 7.34. The van der Waals surface area contributed by atoms with Crippen molar-refractivity contribution in [2.75, 3.05) is 19.8 Å². The van der Waals surface area contributed by atoms with Crippen molar-refractivity contribution >= 4 is 11.6 Å². The van der Waals surface area contributed by atoms with Crippen LogP contribution in [-0.2, 0) is 0 Å². The molecule has 0 saturated carbocycles. The Labute approximate surface area is 121 Å². The molecule has 1 N–H and O–H groups in total. The Hall–Kier alpha value is -0.930. The molecule has 1 aromatic rings. The number of benzene rings is 1. The third kappa shape index (κ3) is 4.59. The molecular weight excluding hydrogens is 262 g/mol. The fourth-order valence-electron chi connectivity index (χ4n) is 1.89. The number of hydrogen-bond donors (Lipinski definition) is 1. The summed E-state index contributed by atoms with van der Waals surface area (Å²) in [5.74, 6) is 1.47. The van der Waals surface area contributed by atoms with Crippen LogP contribution in [0.25, 0.3) is 0 Å². The molecule has 3 nitrogen and oxygen atoms in total. The summed E-state index contributed by atoms with van der Waals surface area (Å²) in [7, 11) is 0. The van der Waals surface area contributed by atoms with Gasteiger partial charge in [0.15, 0.2) is 11.5 Å². The van der Waals surface area contributed by atoms with Crippen LogP contribution in [0.2, 0.25) is 5.02 Å². The van der Waals surface area contributed by atoms with Crippen LogP contribution in [0.4, 0.5) is 0 Å². The van der Waals surface area contributed by atoms with E-state index in [0.29, 0.717) is 24.0 Å². The Bertz CT molecular complexity index is 396. The predicted octanol–water partition coefficient (Wildman–Crippen LogP) is 4.20. The van der Waals surface area contributed by atoms with Crippen LogP contribution in [0.3, 0.4) is 0 Å². The van der Waals surface area contributed by atoms with Gasteiger partial charge in [-0.25, -0.2) is 0 Å². The average Bonchev–Trinajstić information content (AvgIpc) is 2.39. The van der Waals surface area contributed by atoms with Gasteiger partial charge in [0.2, 0.25) is 0 Å². The summed E-state index contributed by atoms with van der Waals surface area (Å²) < 4.78 is 11.2. The Morgan fingerprint density at radius 3 is 2.21 bits per heavy atom. The molecule has 1 aromatic carbocycles. The van der Waals surface area contributed by atoms with Gasteiger partial charge in [-0.05, 0) is 45.4 Å². The second kappa shape index (κ2) is 8.28. The molecule has 4 heteroatoms. The van der Waals surface area contributed by atoms with Gasteiger partial charge in [-0.2, -0.15) is 0 Å². The molecule has 1 unspecified atom stereocenters. The molecule has 0 aliphatic heterocycles. The Morgan fingerprint density at radius 2 is 1.68 bits per heavy atom. The van der Waals surface area contributed by atoms with Crippen LogP contribution >= 0.6 is 11.6 Å². The van der Waals surface area contributed by atoms with Crippen molar-refractivity contribution < 1.29 is 9.47 Å². The standard InChI is InChI=1S/C15H24ClNO2/c1-5-8-17-11(4)12-9-14(18-6-2)15(19-7-3)10-13(12)16/h9-11,17H,5-8H2,1-4H3. The summed E-state index contributed by atoms with van der Waals surface area (Å²) in [6.45, 7) is 10.3. The number of halogens is 1. The van der Waals surface area contributed by atoms with Crippen LogP contribution in [-0.4, -0.2) is 19.8 Å². The molecule has 0 spiro atoms. The summed E-state index contributed by atoms with van der Waals surface area (Å²) in [4.78, 5) is 0. The molecule has 0 aliphatic carbocycles. The number of hydrogen-bond acceptors (Lipinski definition) is 3. The van der Waals surface area contributed by atoms with Crippen molar-refractivity contribution in [1.29, 1.82) is 0 Å². The molecule has 1 rings (SSSR count). The third-order valence-electron chi connectivity index (χ3n) is 2.83. The van der Waals surface area contributed by atoms with Crippen LogP contribution in [0.1, 0.15) is 45.7 Å². The topological polar surface area (TPSA) is 30.5 Å². The maximum atomic E-state index is 6.34. The van der Waals surface area contributed by atoms with E-state index in [1.165, 1.54) is 0 Å². The maximum absolute atomic E-state index is 6.34. The van der Waals surface area contributed by atoms with Crippen molar-refractivity contribution in [2.45, 2.75) is 40.2 Å². The number of ether oxygens (including phenoxy) is 2. The highest BCUT2D eigenvalue weighted by molar-refractivity contribution is 6.31. The van der Waals surface area contributed by atoms with E-state index >= 15 is 0 Å². The molecule has 0 heterocycles. The molecule has 0 saturated heterocycles. The Morgan fingerprint density at radius 1 is 1.11 bits per heavy atom. The summed E-state index contributed by atoms with van der Waals surface area (Å²) in [5, 5.41) is 4.14. The molecule has 0 aliphatic rings. The molecule has 0 amide bonds. The second-order valence-corrected chi connectivity index (χ2v) is 4.77. The normalized spacial score (nSPS) is 12.3. The lowest BCUT2D eigenvalue weighted by molar-refractivity contribution is 0.287. The molecular formula is C15H24ClNO2. The third-order valence-corrected chi connectivity index (χ3v) is 3.16. The summed E-state index contributed by atoms with van der Waals surface area (Å²) in [6, 6.07) is 4.02. The zero-order chi connectivity index (χ0) is 14.3.